The molecule has 0 saturated carbocycles. The van der Waals surface area contributed by atoms with Gasteiger partial charge in [-0.15, -0.1) is 5.75 Å². The van der Waals surface area contributed by atoms with Crippen LogP contribution in [-0.2, 0) is 33.1 Å². The molecule has 0 radical (unpaired) electrons. The largest absolute Gasteiger partial charge is 2.00 e. The molecule has 59 heavy (non-hydrogen) atoms. The van der Waals surface area contributed by atoms with Crippen LogP contribution in [0.5, 0.6) is 34.5 Å². The van der Waals surface area contributed by atoms with Crippen molar-refractivity contribution in [2.24, 2.45) is 0 Å². The fraction of sp³-hybridized carbons (Fsp3) is 0.478. The molecule has 4 aromatic carbocycles. The first-order valence-corrected chi connectivity index (χ1v) is 23.8. The van der Waals surface area contributed by atoms with Crippen LogP contribution in [0.25, 0.3) is 0 Å². The summed E-state index contributed by atoms with van der Waals surface area (Å²) in [4.78, 5) is -0.601. The number of rotatable bonds is 26. The number of benzene rings is 4. The molecule has 320 valence electrons. The maximum Gasteiger partial charge on any atom is 2.00 e. The molecule has 0 aromatic heterocycles. The second-order valence-electron chi connectivity index (χ2n) is 14.8. The van der Waals surface area contributed by atoms with Crippen molar-refractivity contribution >= 4 is 58.0 Å². The Morgan fingerprint density at radius 3 is 1.25 bits per heavy atom. The van der Waals surface area contributed by atoms with E-state index in [2.05, 4.69) is 13.8 Å². The van der Waals surface area contributed by atoms with Crippen LogP contribution in [0.1, 0.15) is 141 Å². The Bertz CT molecular complexity index is 1840. The summed E-state index contributed by atoms with van der Waals surface area (Å²) in [5.41, 5.74) is 1.67. The Morgan fingerprint density at radius 1 is 0.508 bits per heavy atom. The Kier molecular flexibility index (Phi) is 25.4. The van der Waals surface area contributed by atoms with Crippen LogP contribution >= 0.6 is 0 Å². The predicted octanol–water partition coefficient (Wildman–Crippen LogP) is 11.7. The second-order valence-corrected chi connectivity index (χ2v) is 17.6. The van der Waals surface area contributed by atoms with Crippen molar-refractivity contribution in [1.82, 2.24) is 0 Å². The molecule has 0 atom stereocenters. The van der Waals surface area contributed by atoms with Gasteiger partial charge in [0.1, 0.15) is 43.8 Å². The third kappa shape index (κ3) is 21.5. The molecule has 2 N–H and O–H groups in total. The van der Waals surface area contributed by atoms with Gasteiger partial charge in [0.25, 0.3) is 10.1 Å². The molecule has 0 heterocycles. The number of phenolic OH excluding ortho intramolecular Hbond substituents is 1. The van der Waals surface area contributed by atoms with Crippen molar-refractivity contribution in [1.29, 1.82) is 0 Å². The van der Waals surface area contributed by atoms with Crippen molar-refractivity contribution in [3.8, 4) is 34.5 Å². The van der Waals surface area contributed by atoms with Gasteiger partial charge in [-0.05, 0) is 97.5 Å². The van der Waals surface area contributed by atoms with Gasteiger partial charge in [0, 0.05) is 0 Å². The molecule has 0 fully saturated rings. The monoisotopic (exact) mass is 878 g/mol. The van der Waals surface area contributed by atoms with Gasteiger partial charge in [-0.3, -0.25) is 4.55 Å². The molecular formula is C46H62CaO10S2. The Morgan fingerprint density at radius 2 is 0.864 bits per heavy atom. The molecule has 0 aliphatic carbocycles. The van der Waals surface area contributed by atoms with E-state index in [0.717, 1.165) is 49.7 Å². The van der Waals surface area contributed by atoms with E-state index >= 15 is 0 Å². The SMILES string of the molecule is CCCCCCCCCCCc1ccc(Oc2ccc(O)cc2)c(S(=O)(=O)O)c1.CCCCCCCCCCCc1ccc(Oc2ccc([O-])cc2)c(S(=O)(=O)[O-])c1.[Ca+2]. The van der Waals surface area contributed by atoms with Gasteiger partial charge in [0.2, 0.25) is 0 Å². The van der Waals surface area contributed by atoms with Gasteiger partial charge < -0.3 is 24.2 Å². The van der Waals surface area contributed by atoms with Crippen molar-refractivity contribution in [3.63, 3.8) is 0 Å². The van der Waals surface area contributed by atoms with E-state index in [1.54, 1.807) is 12.1 Å². The summed E-state index contributed by atoms with van der Waals surface area (Å²) < 4.78 is 79.4. The van der Waals surface area contributed by atoms with E-state index in [9.17, 15) is 36.2 Å². The normalized spacial score (nSPS) is 11.3. The summed E-state index contributed by atoms with van der Waals surface area (Å²) in [6, 6.07) is 21.1. The van der Waals surface area contributed by atoms with E-state index in [0.29, 0.717) is 11.5 Å². The molecule has 0 aliphatic rings. The molecule has 4 aromatic rings. The minimum Gasteiger partial charge on any atom is -0.872 e. The average Bonchev–Trinajstić information content (AvgIpc) is 3.18. The van der Waals surface area contributed by atoms with Crippen molar-refractivity contribution < 1.29 is 45.6 Å². The maximum atomic E-state index is 11.8. The fourth-order valence-corrected chi connectivity index (χ4v) is 7.85. The number of aryl methyl sites for hydroxylation is 2. The summed E-state index contributed by atoms with van der Waals surface area (Å²) in [6.07, 6.45) is 23.5. The van der Waals surface area contributed by atoms with E-state index in [1.165, 1.54) is 157 Å². The van der Waals surface area contributed by atoms with Crippen molar-refractivity contribution in [2.45, 2.75) is 152 Å². The molecule has 0 spiro atoms. The second kappa shape index (κ2) is 28.6. The van der Waals surface area contributed by atoms with Gasteiger partial charge in [0.05, 0.1) is 4.90 Å². The van der Waals surface area contributed by atoms with Crippen LogP contribution in [0, 0.1) is 0 Å². The Balaban J connectivity index is 0.000000400. The number of phenols is 1. The number of aromatic hydroxyl groups is 1. The molecule has 4 rings (SSSR count). The first kappa shape index (κ1) is 52.3. The number of ether oxygens (including phenoxy) is 2. The van der Waals surface area contributed by atoms with Crippen LogP contribution in [0.3, 0.4) is 0 Å². The summed E-state index contributed by atoms with van der Waals surface area (Å²) in [5, 5.41) is 20.5. The molecule has 0 aliphatic heterocycles. The minimum atomic E-state index is -4.67. The average molecular weight is 879 g/mol. The zero-order chi connectivity index (χ0) is 42.2. The van der Waals surface area contributed by atoms with Crippen LogP contribution in [0.2, 0.25) is 0 Å². The molecule has 0 bridgehead atoms. The number of hydrogen-bond acceptors (Lipinski definition) is 9. The Labute approximate surface area is 383 Å². The number of hydrogen-bond donors (Lipinski definition) is 2. The topological polar surface area (TPSA) is 173 Å². The smallest absolute Gasteiger partial charge is 0.872 e. The fourth-order valence-electron chi connectivity index (χ4n) is 6.54. The van der Waals surface area contributed by atoms with Gasteiger partial charge in [-0.1, -0.05) is 141 Å². The van der Waals surface area contributed by atoms with Crippen LogP contribution < -0.4 is 14.6 Å². The van der Waals surface area contributed by atoms with E-state index in [-0.39, 0.29) is 70.5 Å². The third-order valence-electron chi connectivity index (χ3n) is 9.82. The zero-order valence-corrected chi connectivity index (χ0v) is 38.8. The zero-order valence-electron chi connectivity index (χ0n) is 34.9. The molecule has 13 heteroatoms. The summed E-state index contributed by atoms with van der Waals surface area (Å²) in [6.45, 7) is 4.44. The van der Waals surface area contributed by atoms with Gasteiger partial charge in [-0.25, -0.2) is 8.42 Å². The first-order chi connectivity index (χ1) is 27.8. The van der Waals surface area contributed by atoms with Gasteiger partial charge >= 0.3 is 37.7 Å². The van der Waals surface area contributed by atoms with Crippen LogP contribution in [0.15, 0.2) is 94.7 Å². The van der Waals surface area contributed by atoms with Crippen molar-refractivity contribution in [2.75, 3.05) is 0 Å². The Hall–Kier alpha value is -2.84. The minimum absolute atomic E-state index is 0. The summed E-state index contributed by atoms with van der Waals surface area (Å²) in [5.74, 6) is 0.637. The summed E-state index contributed by atoms with van der Waals surface area (Å²) in [7, 11) is -9.08. The number of unbranched alkanes of at least 4 members (excludes halogenated alkanes) is 16. The maximum absolute atomic E-state index is 11.8. The molecule has 0 unspecified atom stereocenters. The third-order valence-corrected chi connectivity index (χ3v) is 11.6. The molecule has 0 saturated heterocycles. The van der Waals surface area contributed by atoms with Gasteiger partial charge in [0.15, 0.2) is 0 Å². The van der Waals surface area contributed by atoms with E-state index in [4.69, 9.17) is 9.47 Å². The molecular weight excluding hydrogens is 817 g/mol. The van der Waals surface area contributed by atoms with E-state index < -0.39 is 20.2 Å². The summed E-state index contributed by atoms with van der Waals surface area (Å²) >= 11 is 0. The first-order valence-electron chi connectivity index (χ1n) is 20.9. The standard InChI is InChI=1S/2C23H32O5S.Ca/c2*1-2-3-4-5-6-7-8-9-10-11-19-12-17-22(23(18-19)29(25,26)27)28-21-15-13-20(24)14-16-21;/h2*12-18,24H,2-11H2,1H3,(H,25,26,27);/q;;+2/p-2. The van der Waals surface area contributed by atoms with Crippen LogP contribution in [0.4, 0.5) is 0 Å². The van der Waals surface area contributed by atoms with E-state index in [1.807, 2.05) is 6.07 Å². The van der Waals surface area contributed by atoms with Gasteiger partial charge in [-0.2, -0.15) is 8.42 Å². The predicted molar refractivity (Wildman–Crippen MR) is 232 cm³/mol. The van der Waals surface area contributed by atoms with Crippen molar-refractivity contribution in [3.05, 3.63) is 96.1 Å². The molecule has 0 amide bonds. The quantitative estimate of drug-likeness (QED) is 0.0351. The molecule has 10 nitrogen and oxygen atoms in total. The van der Waals surface area contributed by atoms with Crippen LogP contribution in [-0.4, -0.2) is 68.8 Å².